The topological polar surface area (TPSA) is 59.1 Å². The van der Waals surface area contributed by atoms with Crippen molar-refractivity contribution >= 4 is 61.3 Å². The highest BCUT2D eigenvalue weighted by Crippen LogP contribution is 2.30. The zero-order valence-electron chi connectivity index (χ0n) is 10.4. The van der Waals surface area contributed by atoms with E-state index in [0.717, 1.165) is 10.9 Å². The Balaban J connectivity index is 2.00. The summed E-state index contributed by atoms with van der Waals surface area (Å²) in [5.74, 6) is 0. The molecule has 1 heterocycles. The molecule has 0 aliphatic heterocycles. The first kappa shape index (κ1) is 14.6. The van der Waals surface area contributed by atoms with Crippen molar-refractivity contribution in [1.29, 1.82) is 0 Å². The molecule has 3 aromatic rings. The van der Waals surface area contributed by atoms with Gasteiger partial charge in [-0.1, -0.05) is 29.3 Å². The second-order valence-corrected chi connectivity index (χ2v) is 7.31. The maximum absolute atomic E-state index is 12.4. The van der Waals surface area contributed by atoms with E-state index in [1.807, 2.05) is 5.38 Å². The van der Waals surface area contributed by atoms with Crippen molar-refractivity contribution in [2.24, 2.45) is 0 Å². The van der Waals surface area contributed by atoms with Crippen molar-refractivity contribution in [3.05, 3.63) is 51.8 Å². The van der Waals surface area contributed by atoms with Gasteiger partial charge < -0.3 is 0 Å². The summed E-state index contributed by atoms with van der Waals surface area (Å²) in [5.41, 5.74) is 1.15. The standard InChI is InChI=1S/C13H8Cl2N2O2S2/c14-10-2-1-3-12(13(10)15)21(18,19)17-9-5-4-8-7-20-16-11(8)6-9/h1-7,17H. The van der Waals surface area contributed by atoms with E-state index < -0.39 is 10.0 Å². The monoisotopic (exact) mass is 358 g/mol. The van der Waals surface area contributed by atoms with Crippen LogP contribution in [0.25, 0.3) is 10.9 Å². The van der Waals surface area contributed by atoms with Crippen molar-refractivity contribution < 1.29 is 8.42 Å². The quantitative estimate of drug-likeness (QED) is 0.754. The Labute approximate surface area is 135 Å². The van der Waals surface area contributed by atoms with Gasteiger partial charge in [0, 0.05) is 10.8 Å². The van der Waals surface area contributed by atoms with Crippen molar-refractivity contribution in [2.75, 3.05) is 4.72 Å². The molecule has 0 unspecified atom stereocenters. The largest absolute Gasteiger partial charge is 0.280 e. The van der Waals surface area contributed by atoms with Gasteiger partial charge >= 0.3 is 0 Å². The number of halogens is 2. The van der Waals surface area contributed by atoms with E-state index in [-0.39, 0.29) is 14.9 Å². The predicted molar refractivity (Wildman–Crippen MR) is 86.9 cm³/mol. The average Bonchev–Trinajstić information content (AvgIpc) is 2.88. The second-order valence-electron chi connectivity index (χ2n) is 4.25. The number of hydrogen-bond donors (Lipinski definition) is 1. The Morgan fingerprint density at radius 3 is 2.76 bits per heavy atom. The molecule has 0 saturated carbocycles. The molecule has 0 bridgehead atoms. The predicted octanol–water partition coefficient (Wildman–Crippen LogP) is 4.40. The van der Waals surface area contributed by atoms with Gasteiger partial charge in [-0.15, -0.1) is 0 Å². The van der Waals surface area contributed by atoms with E-state index in [4.69, 9.17) is 23.2 Å². The first-order valence-corrected chi connectivity index (χ1v) is 8.86. The van der Waals surface area contributed by atoms with Crippen molar-refractivity contribution in [3.63, 3.8) is 0 Å². The van der Waals surface area contributed by atoms with Crippen LogP contribution in [0.1, 0.15) is 0 Å². The number of hydrogen-bond acceptors (Lipinski definition) is 4. The molecule has 2 aromatic carbocycles. The molecular formula is C13H8Cl2N2O2S2. The lowest BCUT2D eigenvalue weighted by molar-refractivity contribution is 0.601. The summed E-state index contributed by atoms with van der Waals surface area (Å²) in [6, 6.07) is 9.61. The van der Waals surface area contributed by atoms with Crippen LogP contribution in [0, 0.1) is 0 Å². The molecule has 1 N–H and O–H groups in total. The van der Waals surface area contributed by atoms with Crippen LogP contribution >= 0.6 is 34.7 Å². The van der Waals surface area contributed by atoms with Gasteiger partial charge in [-0.05, 0) is 41.9 Å². The summed E-state index contributed by atoms with van der Waals surface area (Å²) in [6.07, 6.45) is 0. The van der Waals surface area contributed by atoms with Gasteiger partial charge in [-0.25, -0.2) is 8.42 Å². The molecule has 0 spiro atoms. The van der Waals surface area contributed by atoms with Crippen LogP contribution in [0.2, 0.25) is 10.0 Å². The Hall–Kier alpha value is -1.34. The van der Waals surface area contributed by atoms with Crippen LogP contribution in [0.15, 0.2) is 46.7 Å². The Kier molecular flexibility index (Phi) is 3.79. The van der Waals surface area contributed by atoms with Gasteiger partial charge in [-0.3, -0.25) is 4.72 Å². The van der Waals surface area contributed by atoms with Crippen molar-refractivity contribution in [1.82, 2.24) is 4.37 Å². The minimum Gasteiger partial charge on any atom is -0.280 e. The van der Waals surface area contributed by atoms with Crippen molar-refractivity contribution in [2.45, 2.75) is 4.90 Å². The van der Waals surface area contributed by atoms with Gasteiger partial charge in [-0.2, -0.15) is 4.37 Å². The van der Waals surface area contributed by atoms with Crippen LogP contribution in [-0.2, 0) is 10.0 Å². The highest BCUT2D eigenvalue weighted by molar-refractivity contribution is 7.92. The molecule has 0 aliphatic rings. The first-order chi connectivity index (χ1) is 9.97. The molecule has 0 aliphatic carbocycles. The summed E-state index contributed by atoms with van der Waals surface area (Å²) in [5, 5.41) is 3.04. The fourth-order valence-electron chi connectivity index (χ4n) is 1.83. The van der Waals surface area contributed by atoms with Gasteiger partial charge in [0.15, 0.2) is 0 Å². The van der Waals surface area contributed by atoms with E-state index in [1.54, 1.807) is 18.2 Å². The van der Waals surface area contributed by atoms with Crippen molar-refractivity contribution in [3.8, 4) is 0 Å². The van der Waals surface area contributed by atoms with E-state index in [9.17, 15) is 8.42 Å². The minimum absolute atomic E-state index is 0.00130. The Morgan fingerprint density at radius 1 is 1.14 bits per heavy atom. The van der Waals surface area contributed by atoms with Gasteiger partial charge in [0.05, 0.1) is 21.2 Å². The molecule has 0 radical (unpaired) electrons. The summed E-state index contributed by atoms with van der Waals surface area (Å²) < 4.78 is 31.4. The number of fused-ring (bicyclic) bond motifs is 1. The molecule has 108 valence electrons. The highest BCUT2D eigenvalue weighted by atomic mass is 35.5. The fraction of sp³-hybridized carbons (Fsp3) is 0. The normalized spacial score (nSPS) is 11.7. The maximum Gasteiger partial charge on any atom is 0.263 e. The molecule has 0 saturated heterocycles. The Bertz CT molecular complexity index is 923. The summed E-state index contributed by atoms with van der Waals surface area (Å²) in [4.78, 5) is -0.0601. The van der Waals surface area contributed by atoms with Crippen LogP contribution < -0.4 is 4.72 Å². The summed E-state index contributed by atoms with van der Waals surface area (Å²) in [7, 11) is -3.81. The third-order valence-electron chi connectivity index (χ3n) is 2.82. The molecule has 1 aromatic heterocycles. The number of nitrogens with zero attached hydrogens (tertiary/aromatic N) is 1. The lowest BCUT2D eigenvalue weighted by atomic mass is 10.2. The van der Waals surface area contributed by atoms with Crippen LogP contribution in [-0.4, -0.2) is 12.8 Å². The van der Waals surface area contributed by atoms with E-state index in [0.29, 0.717) is 5.69 Å². The average molecular weight is 359 g/mol. The number of nitrogens with one attached hydrogen (secondary N) is 1. The molecule has 0 atom stereocenters. The maximum atomic E-state index is 12.4. The minimum atomic E-state index is -3.81. The van der Waals surface area contributed by atoms with Gasteiger partial charge in [0.1, 0.15) is 4.90 Å². The number of rotatable bonds is 3. The lowest BCUT2D eigenvalue weighted by Gasteiger charge is -2.10. The summed E-state index contributed by atoms with van der Waals surface area (Å²) >= 11 is 13.1. The van der Waals surface area contributed by atoms with Crippen LogP contribution in [0.5, 0.6) is 0 Å². The molecule has 0 amide bonds. The van der Waals surface area contributed by atoms with Gasteiger partial charge in [0.2, 0.25) is 0 Å². The highest BCUT2D eigenvalue weighted by Gasteiger charge is 2.19. The number of benzene rings is 2. The molecule has 0 fully saturated rings. The smallest absolute Gasteiger partial charge is 0.263 e. The second kappa shape index (κ2) is 5.46. The van der Waals surface area contributed by atoms with Crippen LogP contribution in [0.4, 0.5) is 5.69 Å². The first-order valence-electron chi connectivity index (χ1n) is 5.78. The fourth-order valence-corrected chi connectivity index (χ4v) is 4.28. The van der Waals surface area contributed by atoms with E-state index in [1.165, 1.54) is 29.7 Å². The third-order valence-corrected chi connectivity index (χ3v) is 5.84. The zero-order valence-corrected chi connectivity index (χ0v) is 13.5. The molecular weight excluding hydrogens is 351 g/mol. The summed E-state index contributed by atoms with van der Waals surface area (Å²) in [6.45, 7) is 0. The molecule has 21 heavy (non-hydrogen) atoms. The molecule has 3 rings (SSSR count). The van der Waals surface area contributed by atoms with E-state index in [2.05, 4.69) is 9.10 Å². The zero-order chi connectivity index (χ0) is 15.0. The molecule has 4 nitrogen and oxygen atoms in total. The Morgan fingerprint density at radius 2 is 1.95 bits per heavy atom. The lowest BCUT2D eigenvalue weighted by Crippen LogP contribution is -2.13. The van der Waals surface area contributed by atoms with E-state index >= 15 is 0 Å². The SMILES string of the molecule is O=S(=O)(Nc1ccc2csnc2c1)c1cccc(Cl)c1Cl. The van der Waals surface area contributed by atoms with Gasteiger partial charge in [0.25, 0.3) is 10.0 Å². The number of aromatic nitrogens is 1. The third kappa shape index (κ3) is 2.85. The number of anilines is 1. The van der Waals surface area contributed by atoms with Crippen LogP contribution in [0.3, 0.4) is 0 Å². The molecule has 8 heteroatoms. The number of sulfonamides is 1.